The van der Waals surface area contributed by atoms with Crippen LogP contribution in [-0.4, -0.2) is 11.8 Å². The van der Waals surface area contributed by atoms with Gasteiger partial charge >= 0.3 is 0 Å². The van der Waals surface area contributed by atoms with Crippen molar-refractivity contribution < 1.29 is 9.59 Å². The lowest BCUT2D eigenvalue weighted by molar-refractivity contribution is -0.119. The fraction of sp³-hybridized carbons (Fsp3) is 0.946. The molecule has 4 heteroatoms. The van der Waals surface area contributed by atoms with E-state index in [-0.39, 0.29) is 11.8 Å². The topological polar surface area (TPSA) is 86.2 Å². The molecule has 0 atom stereocenters. The SMILES string of the molecule is NC(=O)CCCCCCCCCCCCCCCCCCCCCCCCCCCCCCCCCCCC(N)=O. The molecule has 0 aromatic heterocycles. The lowest BCUT2D eigenvalue weighted by atomic mass is 10.0. The fourth-order valence-electron chi connectivity index (χ4n) is 6.08. The van der Waals surface area contributed by atoms with Gasteiger partial charge in [-0.2, -0.15) is 0 Å². The summed E-state index contributed by atoms with van der Waals surface area (Å²) in [6, 6.07) is 0. The van der Waals surface area contributed by atoms with Crippen molar-refractivity contribution in [3.63, 3.8) is 0 Å². The molecular formula is C37H74N2O2. The second-order valence-electron chi connectivity index (χ2n) is 13.1. The van der Waals surface area contributed by atoms with Crippen LogP contribution in [0.1, 0.15) is 225 Å². The first kappa shape index (κ1) is 39.9. The minimum atomic E-state index is -0.152. The van der Waals surface area contributed by atoms with Crippen molar-refractivity contribution in [1.82, 2.24) is 0 Å². The third kappa shape index (κ3) is 38.9. The van der Waals surface area contributed by atoms with Crippen molar-refractivity contribution in [1.29, 1.82) is 0 Å². The maximum absolute atomic E-state index is 10.7. The first-order valence-electron chi connectivity index (χ1n) is 18.7. The third-order valence-electron chi connectivity index (χ3n) is 8.85. The highest BCUT2D eigenvalue weighted by Gasteiger charge is 1.98. The first-order chi connectivity index (χ1) is 20.1. The molecule has 4 N–H and O–H groups in total. The molecule has 0 aromatic carbocycles. The van der Waals surface area contributed by atoms with Crippen LogP contribution in [0.15, 0.2) is 0 Å². The maximum Gasteiger partial charge on any atom is 0.217 e. The van der Waals surface area contributed by atoms with E-state index >= 15 is 0 Å². The Morgan fingerprint density at radius 2 is 0.317 bits per heavy atom. The van der Waals surface area contributed by atoms with Crippen molar-refractivity contribution in [2.45, 2.75) is 225 Å². The van der Waals surface area contributed by atoms with Gasteiger partial charge in [0.1, 0.15) is 0 Å². The molecule has 244 valence electrons. The molecule has 4 nitrogen and oxygen atoms in total. The van der Waals surface area contributed by atoms with Gasteiger partial charge in [0.2, 0.25) is 11.8 Å². The van der Waals surface area contributed by atoms with Crippen molar-refractivity contribution in [2.24, 2.45) is 11.5 Å². The summed E-state index contributed by atoms with van der Waals surface area (Å²) in [5, 5.41) is 0. The van der Waals surface area contributed by atoms with Crippen molar-refractivity contribution in [3.05, 3.63) is 0 Å². The molecule has 0 rings (SSSR count). The van der Waals surface area contributed by atoms with E-state index in [9.17, 15) is 9.59 Å². The van der Waals surface area contributed by atoms with E-state index < -0.39 is 0 Å². The number of nitrogens with two attached hydrogens (primary N) is 2. The van der Waals surface area contributed by atoms with Gasteiger partial charge in [-0.3, -0.25) is 9.59 Å². The lowest BCUT2D eigenvalue weighted by Gasteiger charge is -2.05. The molecule has 0 heterocycles. The Labute approximate surface area is 257 Å². The largest absolute Gasteiger partial charge is 0.370 e. The predicted octanol–water partition coefficient (Wildman–Crippen LogP) is 11.6. The summed E-state index contributed by atoms with van der Waals surface area (Å²) in [5.41, 5.74) is 10.3. The zero-order valence-corrected chi connectivity index (χ0v) is 27.7. The zero-order chi connectivity index (χ0) is 29.9. The Balaban J connectivity index is 3.04. The predicted molar refractivity (Wildman–Crippen MR) is 180 cm³/mol. The van der Waals surface area contributed by atoms with E-state index in [1.54, 1.807) is 0 Å². The van der Waals surface area contributed by atoms with Crippen LogP contribution in [-0.2, 0) is 9.59 Å². The summed E-state index contributed by atoms with van der Waals surface area (Å²) in [6.07, 6.45) is 46.4. The second-order valence-corrected chi connectivity index (χ2v) is 13.1. The molecule has 0 aliphatic rings. The van der Waals surface area contributed by atoms with E-state index in [2.05, 4.69) is 0 Å². The Bertz CT molecular complexity index is 491. The highest BCUT2D eigenvalue weighted by atomic mass is 16.1. The van der Waals surface area contributed by atoms with Crippen LogP contribution in [0.3, 0.4) is 0 Å². The Kier molecular flexibility index (Phi) is 34.2. The van der Waals surface area contributed by atoms with E-state index in [4.69, 9.17) is 11.5 Å². The molecule has 0 unspecified atom stereocenters. The highest BCUT2D eigenvalue weighted by molar-refractivity contribution is 5.73. The van der Waals surface area contributed by atoms with Gasteiger partial charge in [-0.25, -0.2) is 0 Å². The molecule has 0 fully saturated rings. The van der Waals surface area contributed by atoms with Gasteiger partial charge in [-0.05, 0) is 12.8 Å². The summed E-state index contributed by atoms with van der Waals surface area (Å²) < 4.78 is 0. The number of carbonyl (C=O) groups excluding carboxylic acids is 2. The minimum Gasteiger partial charge on any atom is -0.370 e. The summed E-state index contributed by atoms with van der Waals surface area (Å²) in [5.74, 6) is -0.305. The molecule has 0 aliphatic carbocycles. The van der Waals surface area contributed by atoms with Crippen molar-refractivity contribution in [3.8, 4) is 0 Å². The zero-order valence-electron chi connectivity index (χ0n) is 27.7. The van der Waals surface area contributed by atoms with Gasteiger partial charge in [0.05, 0.1) is 0 Å². The van der Waals surface area contributed by atoms with Gasteiger partial charge in [0, 0.05) is 12.8 Å². The van der Waals surface area contributed by atoms with E-state index in [0.717, 1.165) is 25.7 Å². The average molecular weight is 579 g/mol. The van der Waals surface area contributed by atoms with Crippen LogP contribution in [0, 0.1) is 0 Å². The summed E-state index contributed by atoms with van der Waals surface area (Å²) in [7, 11) is 0. The van der Waals surface area contributed by atoms with E-state index in [1.807, 2.05) is 0 Å². The number of primary amides is 2. The van der Waals surface area contributed by atoms with Crippen LogP contribution in [0.4, 0.5) is 0 Å². The minimum absolute atomic E-state index is 0.152. The van der Waals surface area contributed by atoms with Gasteiger partial charge in [0.25, 0.3) is 0 Å². The quantitative estimate of drug-likeness (QED) is 0.0724. The fourth-order valence-corrected chi connectivity index (χ4v) is 6.08. The normalized spacial score (nSPS) is 11.3. The second kappa shape index (κ2) is 35.1. The molecule has 0 aromatic rings. The number of amides is 2. The molecule has 0 saturated carbocycles. The highest BCUT2D eigenvalue weighted by Crippen LogP contribution is 2.17. The first-order valence-corrected chi connectivity index (χ1v) is 18.7. The number of hydrogen-bond donors (Lipinski definition) is 2. The average Bonchev–Trinajstić information content (AvgIpc) is 2.94. The molecular weight excluding hydrogens is 504 g/mol. The maximum atomic E-state index is 10.7. The molecule has 0 bridgehead atoms. The molecule has 0 radical (unpaired) electrons. The van der Waals surface area contributed by atoms with Crippen LogP contribution in [0.25, 0.3) is 0 Å². The van der Waals surface area contributed by atoms with E-state index in [1.165, 1.54) is 186 Å². The Morgan fingerprint density at radius 1 is 0.220 bits per heavy atom. The molecule has 0 spiro atoms. The van der Waals surface area contributed by atoms with Crippen LogP contribution in [0.2, 0.25) is 0 Å². The number of carbonyl (C=O) groups is 2. The van der Waals surface area contributed by atoms with Gasteiger partial charge in [-0.1, -0.05) is 199 Å². The Morgan fingerprint density at radius 3 is 0.415 bits per heavy atom. The van der Waals surface area contributed by atoms with E-state index in [0.29, 0.717) is 12.8 Å². The van der Waals surface area contributed by atoms with Gasteiger partial charge in [-0.15, -0.1) is 0 Å². The van der Waals surface area contributed by atoms with Crippen LogP contribution < -0.4 is 11.5 Å². The summed E-state index contributed by atoms with van der Waals surface area (Å²) in [4.78, 5) is 21.4. The number of hydrogen-bond acceptors (Lipinski definition) is 2. The van der Waals surface area contributed by atoms with Crippen LogP contribution >= 0.6 is 0 Å². The lowest BCUT2D eigenvalue weighted by Crippen LogP contribution is -2.09. The van der Waals surface area contributed by atoms with Crippen molar-refractivity contribution >= 4 is 11.8 Å². The smallest absolute Gasteiger partial charge is 0.217 e. The standard InChI is InChI=1S/C37H74N2O2/c38-36(40)34-32-30-28-26-24-22-20-18-16-14-12-10-8-6-4-2-1-3-5-7-9-11-13-15-17-19-21-23-25-27-29-31-33-35-37(39)41/h1-35H2,(H2,38,40)(H2,39,41). The number of rotatable bonds is 36. The van der Waals surface area contributed by atoms with Crippen molar-refractivity contribution in [2.75, 3.05) is 0 Å². The number of unbranched alkanes of at least 4 members (excludes halogenated alkanes) is 32. The van der Waals surface area contributed by atoms with Gasteiger partial charge in [0.15, 0.2) is 0 Å². The molecule has 0 aliphatic heterocycles. The molecule has 41 heavy (non-hydrogen) atoms. The molecule has 2 amide bonds. The monoisotopic (exact) mass is 579 g/mol. The van der Waals surface area contributed by atoms with Gasteiger partial charge < -0.3 is 11.5 Å². The summed E-state index contributed by atoms with van der Waals surface area (Å²) in [6.45, 7) is 0. The van der Waals surface area contributed by atoms with Crippen LogP contribution in [0.5, 0.6) is 0 Å². The Hall–Kier alpha value is -1.06. The summed E-state index contributed by atoms with van der Waals surface area (Å²) >= 11 is 0. The molecule has 0 saturated heterocycles. The third-order valence-corrected chi connectivity index (χ3v) is 8.85.